The van der Waals surface area contributed by atoms with Crippen molar-refractivity contribution in [2.75, 3.05) is 0 Å². The number of nitrogens with one attached hydrogen (secondary N) is 2. The molecule has 0 aliphatic heterocycles. The minimum Gasteiger partial charge on any atom is -0.333 e. The number of aryl methyl sites for hydroxylation is 1. The highest BCUT2D eigenvalue weighted by Crippen LogP contribution is 2.27. The summed E-state index contributed by atoms with van der Waals surface area (Å²) in [6, 6.07) is 7.60. The quantitative estimate of drug-likeness (QED) is 0.717. The molecule has 152 valence electrons. The number of nitrogens with zero attached hydrogens (tertiary/aromatic N) is 3. The summed E-state index contributed by atoms with van der Waals surface area (Å²) in [7, 11) is 0. The van der Waals surface area contributed by atoms with Gasteiger partial charge in [-0.1, -0.05) is 42.4 Å². The Hall–Kier alpha value is -2.35. The van der Waals surface area contributed by atoms with Crippen molar-refractivity contribution in [3.8, 4) is 11.4 Å². The molecule has 0 bridgehead atoms. The zero-order valence-electron chi connectivity index (χ0n) is 17.4. The summed E-state index contributed by atoms with van der Waals surface area (Å²) in [5.74, 6) is 0.418. The molecule has 28 heavy (non-hydrogen) atoms. The van der Waals surface area contributed by atoms with E-state index < -0.39 is 16.8 Å². The van der Waals surface area contributed by atoms with Crippen LogP contribution in [0.5, 0.6) is 0 Å². The van der Waals surface area contributed by atoms with Gasteiger partial charge >= 0.3 is 6.03 Å². The Balaban J connectivity index is 2.15. The largest absolute Gasteiger partial charge is 0.333 e. The van der Waals surface area contributed by atoms with Crippen LogP contribution in [0.2, 0.25) is 0 Å². The smallest absolute Gasteiger partial charge is 0.321 e. The van der Waals surface area contributed by atoms with E-state index >= 15 is 0 Å². The minimum absolute atomic E-state index is 0.366. The van der Waals surface area contributed by atoms with Crippen molar-refractivity contribution >= 4 is 23.7 Å². The van der Waals surface area contributed by atoms with E-state index in [2.05, 4.69) is 33.8 Å². The Bertz CT molecular complexity index is 841. The number of rotatable bonds is 6. The van der Waals surface area contributed by atoms with Gasteiger partial charge in [-0.25, -0.2) is 4.79 Å². The second kappa shape index (κ2) is 9.23. The number of thioether (sulfide) groups is 1. The Kier molecular flexibility index (Phi) is 7.23. The van der Waals surface area contributed by atoms with Gasteiger partial charge < -0.3 is 9.88 Å². The average molecular weight is 404 g/mol. The topological polar surface area (TPSA) is 88.9 Å². The van der Waals surface area contributed by atoms with Gasteiger partial charge in [0.2, 0.25) is 5.91 Å². The van der Waals surface area contributed by atoms with Crippen LogP contribution < -0.4 is 10.6 Å². The first-order valence-corrected chi connectivity index (χ1v) is 10.3. The number of hydrogen-bond donors (Lipinski definition) is 2. The molecule has 0 saturated heterocycles. The Labute approximate surface area is 170 Å². The first kappa shape index (κ1) is 21.9. The normalized spacial score (nSPS) is 12.5. The van der Waals surface area contributed by atoms with Gasteiger partial charge in [-0.2, -0.15) is 0 Å². The lowest BCUT2D eigenvalue weighted by Crippen LogP contribution is -2.49. The number of imide groups is 1. The van der Waals surface area contributed by atoms with Crippen molar-refractivity contribution < 1.29 is 9.59 Å². The number of carbonyl (C=O) groups is 2. The predicted octanol–water partition coefficient (Wildman–Crippen LogP) is 3.77. The highest BCUT2D eigenvalue weighted by Gasteiger charge is 2.23. The number of urea groups is 1. The molecular formula is C20H29N5O2S. The van der Waals surface area contributed by atoms with Crippen LogP contribution in [0.15, 0.2) is 29.4 Å². The molecule has 3 amide bonds. The standard InChI is InChI=1S/C20H29N5O2S/c1-7-11-25-16(15-10-8-9-13(2)12-15)23-24-19(25)28-14(3)17(26)21-18(27)22-20(4,5)6/h8-10,12,14H,7,11H2,1-6H3,(H2,21,22,26,27). The summed E-state index contributed by atoms with van der Waals surface area (Å²) in [4.78, 5) is 24.3. The van der Waals surface area contributed by atoms with Crippen LogP contribution in [0.4, 0.5) is 4.79 Å². The predicted molar refractivity (Wildman–Crippen MR) is 112 cm³/mol. The molecule has 1 atom stereocenters. The minimum atomic E-state index is -0.500. The van der Waals surface area contributed by atoms with Gasteiger partial charge in [-0.3, -0.25) is 10.1 Å². The number of carbonyl (C=O) groups excluding carboxylic acids is 2. The Morgan fingerprint density at radius 1 is 1.25 bits per heavy atom. The maximum absolute atomic E-state index is 12.4. The molecule has 1 aromatic heterocycles. The van der Waals surface area contributed by atoms with Crippen LogP contribution in [0.25, 0.3) is 11.4 Å². The zero-order chi connectivity index (χ0) is 20.9. The van der Waals surface area contributed by atoms with E-state index in [1.165, 1.54) is 11.8 Å². The van der Waals surface area contributed by atoms with Crippen molar-refractivity contribution in [1.82, 2.24) is 25.4 Å². The number of amides is 3. The lowest BCUT2D eigenvalue weighted by Gasteiger charge is -2.21. The van der Waals surface area contributed by atoms with Crippen LogP contribution in [-0.2, 0) is 11.3 Å². The van der Waals surface area contributed by atoms with Crippen LogP contribution >= 0.6 is 11.8 Å². The van der Waals surface area contributed by atoms with Crippen LogP contribution in [0, 0.1) is 6.92 Å². The first-order valence-electron chi connectivity index (χ1n) is 9.40. The fraction of sp³-hybridized carbons (Fsp3) is 0.500. The van der Waals surface area contributed by atoms with Gasteiger partial charge in [0.1, 0.15) is 0 Å². The number of hydrogen-bond acceptors (Lipinski definition) is 5. The fourth-order valence-electron chi connectivity index (χ4n) is 2.60. The molecule has 0 radical (unpaired) electrons. The van der Waals surface area contributed by atoms with Crippen molar-refractivity contribution in [2.24, 2.45) is 0 Å². The Morgan fingerprint density at radius 2 is 1.96 bits per heavy atom. The van der Waals surface area contributed by atoms with Crippen molar-refractivity contribution in [2.45, 2.75) is 70.5 Å². The van der Waals surface area contributed by atoms with Crippen LogP contribution in [0.3, 0.4) is 0 Å². The molecular weight excluding hydrogens is 374 g/mol. The summed E-state index contributed by atoms with van der Waals surface area (Å²) >= 11 is 1.30. The van der Waals surface area contributed by atoms with Crippen LogP contribution in [0.1, 0.15) is 46.6 Å². The second-order valence-electron chi connectivity index (χ2n) is 7.78. The van der Waals surface area contributed by atoms with Crippen molar-refractivity contribution in [3.05, 3.63) is 29.8 Å². The fourth-order valence-corrected chi connectivity index (χ4v) is 3.47. The van der Waals surface area contributed by atoms with Crippen LogP contribution in [-0.4, -0.2) is 37.5 Å². The van der Waals surface area contributed by atoms with Gasteiger partial charge in [0.25, 0.3) is 0 Å². The monoisotopic (exact) mass is 403 g/mol. The highest BCUT2D eigenvalue weighted by molar-refractivity contribution is 8.00. The van der Waals surface area contributed by atoms with Crippen molar-refractivity contribution in [3.63, 3.8) is 0 Å². The van der Waals surface area contributed by atoms with Gasteiger partial charge in [-0.15, -0.1) is 10.2 Å². The average Bonchev–Trinajstić information content (AvgIpc) is 2.96. The third-order valence-electron chi connectivity index (χ3n) is 3.82. The number of benzene rings is 1. The van der Waals surface area contributed by atoms with Crippen molar-refractivity contribution in [1.29, 1.82) is 0 Å². The highest BCUT2D eigenvalue weighted by atomic mass is 32.2. The molecule has 7 nitrogen and oxygen atoms in total. The van der Waals surface area contributed by atoms with E-state index in [9.17, 15) is 9.59 Å². The Morgan fingerprint density at radius 3 is 2.57 bits per heavy atom. The molecule has 0 aliphatic carbocycles. The lowest BCUT2D eigenvalue weighted by atomic mass is 10.1. The summed E-state index contributed by atoms with van der Waals surface area (Å²) in [6.45, 7) is 12.2. The van der Waals surface area contributed by atoms with E-state index in [0.717, 1.165) is 29.9 Å². The molecule has 2 aromatic rings. The van der Waals surface area contributed by atoms with Gasteiger partial charge in [0.15, 0.2) is 11.0 Å². The van der Waals surface area contributed by atoms with Gasteiger partial charge in [0, 0.05) is 17.6 Å². The summed E-state index contributed by atoms with van der Waals surface area (Å²) in [6.07, 6.45) is 0.916. The molecule has 0 aliphatic rings. The molecule has 0 saturated carbocycles. The summed E-state index contributed by atoms with van der Waals surface area (Å²) in [5.41, 5.74) is 1.73. The molecule has 0 fully saturated rings. The molecule has 8 heteroatoms. The molecule has 0 spiro atoms. The SMILES string of the molecule is CCCn1c(SC(C)C(=O)NC(=O)NC(C)(C)C)nnc1-c1cccc(C)c1. The molecule has 2 rings (SSSR count). The van der Waals surface area contributed by atoms with E-state index in [1.807, 2.05) is 50.5 Å². The third-order valence-corrected chi connectivity index (χ3v) is 4.90. The maximum atomic E-state index is 12.4. The molecule has 1 heterocycles. The van der Waals surface area contributed by atoms with E-state index in [0.29, 0.717) is 5.16 Å². The molecule has 1 aromatic carbocycles. The summed E-state index contributed by atoms with van der Waals surface area (Å²) < 4.78 is 2.03. The lowest BCUT2D eigenvalue weighted by molar-refractivity contribution is -0.119. The van der Waals surface area contributed by atoms with E-state index in [4.69, 9.17) is 0 Å². The van der Waals surface area contributed by atoms with E-state index in [1.54, 1.807) is 6.92 Å². The first-order chi connectivity index (χ1) is 13.1. The maximum Gasteiger partial charge on any atom is 0.321 e. The third kappa shape index (κ3) is 6.09. The van der Waals surface area contributed by atoms with Gasteiger partial charge in [0.05, 0.1) is 5.25 Å². The van der Waals surface area contributed by atoms with E-state index in [-0.39, 0.29) is 5.91 Å². The second-order valence-corrected chi connectivity index (χ2v) is 9.09. The summed E-state index contributed by atoms with van der Waals surface area (Å²) in [5, 5.41) is 13.9. The molecule has 2 N–H and O–H groups in total. The number of aromatic nitrogens is 3. The zero-order valence-corrected chi connectivity index (χ0v) is 18.2. The molecule has 1 unspecified atom stereocenters. The van der Waals surface area contributed by atoms with Gasteiger partial charge in [-0.05, 0) is 47.1 Å².